The molecule has 2 aromatic carbocycles. The summed E-state index contributed by atoms with van der Waals surface area (Å²) in [4.78, 5) is 52.4. The van der Waals surface area contributed by atoms with E-state index in [9.17, 15) is 19.2 Å². The number of hydrogen-bond donors (Lipinski definition) is 2. The SMILES string of the molecule is CN(C)C(=O)Sc1ccc(NC(=O)CN2C(=O)NC(C)(c3ccccc3)C2=O)cc1. The Morgan fingerprint density at radius 1 is 1.07 bits per heavy atom. The van der Waals surface area contributed by atoms with E-state index in [4.69, 9.17) is 0 Å². The average Bonchev–Trinajstić information content (AvgIpc) is 2.94. The van der Waals surface area contributed by atoms with Gasteiger partial charge in [-0.1, -0.05) is 30.3 Å². The van der Waals surface area contributed by atoms with Crippen LogP contribution >= 0.6 is 11.8 Å². The second-order valence-electron chi connectivity index (χ2n) is 7.15. The van der Waals surface area contributed by atoms with E-state index < -0.39 is 29.9 Å². The monoisotopic (exact) mass is 426 g/mol. The Labute approximate surface area is 178 Å². The highest BCUT2D eigenvalue weighted by Gasteiger charge is 2.49. The minimum Gasteiger partial charge on any atom is -0.339 e. The Morgan fingerprint density at radius 3 is 2.30 bits per heavy atom. The number of benzene rings is 2. The van der Waals surface area contributed by atoms with Crippen LogP contribution in [0.2, 0.25) is 0 Å². The third-order valence-corrected chi connectivity index (χ3v) is 5.68. The third-order valence-electron chi connectivity index (χ3n) is 4.64. The van der Waals surface area contributed by atoms with Crippen LogP contribution in [0.15, 0.2) is 59.5 Å². The van der Waals surface area contributed by atoms with Gasteiger partial charge in [-0.05, 0) is 48.5 Å². The summed E-state index contributed by atoms with van der Waals surface area (Å²) in [5, 5.41) is 5.23. The predicted molar refractivity (Wildman–Crippen MR) is 114 cm³/mol. The lowest BCUT2D eigenvalue weighted by atomic mass is 9.92. The Kier molecular flexibility index (Phi) is 6.12. The van der Waals surface area contributed by atoms with E-state index in [2.05, 4.69) is 10.6 Å². The van der Waals surface area contributed by atoms with Gasteiger partial charge in [-0.2, -0.15) is 0 Å². The molecule has 3 rings (SSSR count). The fourth-order valence-corrected chi connectivity index (χ4v) is 3.61. The van der Waals surface area contributed by atoms with Crippen molar-refractivity contribution in [2.75, 3.05) is 26.0 Å². The second kappa shape index (κ2) is 8.58. The zero-order valence-corrected chi connectivity index (χ0v) is 17.7. The number of hydrogen-bond acceptors (Lipinski definition) is 5. The molecule has 8 nitrogen and oxygen atoms in total. The van der Waals surface area contributed by atoms with Gasteiger partial charge in [0.2, 0.25) is 5.91 Å². The molecule has 2 aromatic rings. The first kappa shape index (κ1) is 21.4. The van der Waals surface area contributed by atoms with Gasteiger partial charge < -0.3 is 15.5 Å². The van der Waals surface area contributed by atoms with Gasteiger partial charge in [0.05, 0.1) is 0 Å². The number of nitrogens with one attached hydrogen (secondary N) is 2. The zero-order valence-electron chi connectivity index (χ0n) is 16.8. The van der Waals surface area contributed by atoms with Crippen molar-refractivity contribution in [3.05, 3.63) is 60.2 Å². The van der Waals surface area contributed by atoms with Crippen molar-refractivity contribution in [1.82, 2.24) is 15.1 Å². The standard InChI is InChI=1S/C21H22N4O4S/c1-21(14-7-5-4-6-8-14)18(27)25(19(28)23-21)13-17(26)22-15-9-11-16(12-10-15)30-20(29)24(2)3/h4-12H,13H2,1-3H3,(H,22,26)(H,23,28). The van der Waals surface area contributed by atoms with E-state index in [1.54, 1.807) is 69.6 Å². The van der Waals surface area contributed by atoms with Crippen LogP contribution in [-0.4, -0.2) is 53.5 Å². The Hall–Kier alpha value is -3.33. The van der Waals surface area contributed by atoms with Crippen LogP contribution in [0.5, 0.6) is 0 Å². The molecule has 0 saturated carbocycles. The minimum atomic E-state index is -1.21. The maximum atomic E-state index is 12.9. The largest absolute Gasteiger partial charge is 0.339 e. The lowest BCUT2D eigenvalue weighted by Gasteiger charge is -2.22. The van der Waals surface area contributed by atoms with Crippen molar-refractivity contribution < 1.29 is 19.2 Å². The Morgan fingerprint density at radius 2 is 1.70 bits per heavy atom. The Bertz CT molecular complexity index is 978. The van der Waals surface area contributed by atoms with Gasteiger partial charge in [-0.3, -0.25) is 19.3 Å². The summed E-state index contributed by atoms with van der Waals surface area (Å²) in [7, 11) is 3.34. The summed E-state index contributed by atoms with van der Waals surface area (Å²) in [6.45, 7) is 1.22. The van der Waals surface area contributed by atoms with Crippen molar-refractivity contribution >= 4 is 40.5 Å². The lowest BCUT2D eigenvalue weighted by molar-refractivity contribution is -0.133. The van der Waals surface area contributed by atoms with Gasteiger partial charge >= 0.3 is 6.03 Å². The molecule has 2 N–H and O–H groups in total. The van der Waals surface area contributed by atoms with Gasteiger partial charge in [0.1, 0.15) is 12.1 Å². The molecule has 0 aromatic heterocycles. The quantitative estimate of drug-likeness (QED) is 0.566. The summed E-state index contributed by atoms with van der Waals surface area (Å²) in [6, 6.07) is 15.0. The summed E-state index contributed by atoms with van der Waals surface area (Å²) in [6.07, 6.45) is 0. The zero-order chi connectivity index (χ0) is 21.9. The molecule has 1 fully saturated rings. The van der Waals surface area contributed by atoms with Crippen LogP contribution in [0.4, 0.5) is 15.3 Å². The van der Waals surface area contributed by atoms with Crippen molar-refractivity contribution in [3.8, 4) is 0 Å². The smallest absolute Gasteiger partial charge is 0.325 e. The number of nitrogens with zero attached hydrogens (tertiary/aromatic N) is 2. The van der Waals surface area contributed by atoms with Crippen molar-refractivity contribution in [2.24, 2.45) is 0 Å². The van der Waals surface area contributed by atoms with E-state index in [-0.39, 0.29) is 5.24 Å². The van der Waals surface area contributed by atoms with Crippen molar-refractivity contribution in [3.63, 3.8) is 0 Å². The van der Waals surface area contributed by atoms with Gasteiger partial charge in [0.25, 0.3) is 11.1 Å². The number of amides is 5. The molecule has 1 unspecified atom stereocenters. The van der Waals surface area contributed by atoms with Crippen LogP contribution in [0.1, 0.15) is 12.5 Å². The van der Waals surface area contributed by atoms with Gasteiger partial charge in [0, 0.05) is 24.7 Å². The Balaban J connectivity index is 1.63. The highest BCUT2D eigenvalue weighted by Crippen LogP contribution is 2.28. The fourth-order valence-electron chi connectivity index (χ4n) is 2.95. The first-order valence-corrected chi connectivity index (χ1v) is 10.0. The lowest BCUT2D eigenvalue weighted by Crippen LogP contribution is -2.42. The van der Waals surface area contributed by atoms with E-state index in [1.807, 2.05) is 6.07 Å². The number of carbonyl (C=O) groups excluding carboxylic acids is 4. The molecule has 30 heavy (non-hydrogen) atoms. The summed E-state index contributed by atoms with van der Waals surface area (Å²) >= 11 is 1.07. The summed E-state index contributed by atoms with van der Waals surface area (Å²) in [5.74, 6) is -0.983. The molecular weight excluding hydrogens is 404 g/mol. The van der Waals surface area contributed by atoms with E-state index in [0.29, 0.717) is 11.3 Å². The third kappa shape index (κ3) is 4.46. The molecule has 1 atom stereocenters. The number of anilines is 1. The first-order valence-electron chi connectivity index (χ1n) is 9.19. The maximum absolute atomic E-state index is 12.9. The first-order chi connectivity index (χ1) is 14.2. The molecule has 5 amide bonds. The van der Waals surface area contributed by atoms with Gasteiger partial charge in [-0.25, -0.2) is 4.79 Å². The normalized spacial score (nSPS) is 18.2. The minimum absolute atomic E-state index is 0.105. The number of imide groups is 1. The van der Waals surface area contributed by atoms with Crippen LogP contribution < -0.4 is 10.6 Å². The van der Waals surface area contributed by atoms with Crippen LogP contribution in [-0.2, 0) is 15.1 Å². The number of carbonyl (C=O) groups is 4. The van der Waals surface area contributed by atoms with E-state index >= 15 is 0 Å². The number of urea groups is 1. The van der Waals surface area contributed by atoms with Crippen molar-refractivity contribution in [2.45, 2.75) is 17.4 Å². The maximum Gasteiger partial charge on any atom is 0.325 e. The molecule has 156 valence electrons. The molecule has 0 aliphatic carbocycles. The summed E-state index contributed by atoms with van der Waals surface area (Å²) in [5.41, 5.74) is -0.0673. The highest BCUT2D eigenvalue weighted by atomic mass is 32.2. The van der Waals surface area contributed by atoms with E-state index in [1.165, 1.54) is 4.90 Å². The molecular formula is C21H22N4O4S. The highest BCUT2D eigenvalue weighted by molar-refractivity contribution is 8.13. The molecule has 0 bridgehead atoms. The summed E-state index contributed by atoms with van der Waals surface area (Å²) < 4.78 is 0. The molecule has 1 aliphatic heterocycles. The predicted octanol–water partition coefficient (Wildman–Crippen LogP) is 2.87. The van der Waals surface area contributed by atoms with Crippen LogP contribution in [0.25, 0.3) is 0 Å². The second-order valence-corrected chi connectivity index (χ2v) is 8.17. The molecule has 0 radical (unpaired) electrons. The van der Waals surface area contributed by atoms with Gasteiger partial charge in [-0.15, -0.1) is 0 Å². The number of rotatable bonds is 5. The molecule has 1 saturated heterocycles. The van der Waals surface area contributed by atoms with Crippen molar-refractivity contribution in [1.29, 1.82) is 0 Å². The average molecular weight is 426 g/mol. The number of thioether (sulfide) groups is 1. The fraction of sp³-hybridized carbons (Fsp3) is 0.238. The van der Waals surface area contributed by atoms with Crippen LogP contribution in [0, 0.1) is 0 Å². The van der Waals surface area contributed by atoms with Gasteiger partial charge in [0.15, 0.2) is 0 Å². The molecule has 9 heteroatoms. The molecule has 0 spiro atoms. The van der Waals surface area contributed by atoms with Crippen LogP contribution in [0.3, 0.4) is 0 Å². The molecule has 1 aliphatic rings. The molecule has 1 heterocycles. The topological polar surface area (TPSA) is 98.8 Å². The van der Waals surface area contributed by atoms with E-state index in [0.717, 1.165) is 21.6 Å².